The van der Waals surface area contributed by atoms with Crippen LogP contribution in [-0.4, -0.2) is 43.3 Å². The van der Waals surface area contributed by atoms with E-state index in [1.807, 2.05) is 0 Å². The van der Waals surface area contributed by atoms with Gasteiger partial charge in [0.05, 0.1) is 11.4 Å². The molecule has 0 radical (unpaired) electrons. The van der Waals surface area contributed by atoms with Crippen molar-refractivity contribution in [3.8, 4) is 0 Å². The molecule has 0 bridgehead atoms. The molecular formula is C22H27FN4. The van der Waals surface area contributed by atoms with Crippen LogP contribution in [0.3, 0.4) is 0 Å². The highest BCUT2D eigenvalue weighted by molar-refractivity contribution is 5.80. The summed E-state index contributed by atoms with van der Waals surface area (Å²) in [6.07, 6.45) is 2.27. The SMILES string of the molecule is CC1CCc2cc(F)cc3c2N1C(CN1CCNC(c2ccccc2)C1)N3. The van der Waals surface area contributed by atoms with E-state index in [-0.39, 0.29) is 12.0 Å². The minimum absolute atomic E-state index is 0.127. The summed E-state index contributed by atoms with van der Waals surface area (Å²) in [4.78, 5) is 5.03. The van der Waals surface area contributed by atoms with Crippen LogP contribution in [0.2, 0.25) is 0 Å². The third kappa shape index (κ3) is 3.09. The van der Waals surface area contributed by atoms with E-state index in [0.29, 0.717) is 12.1 Å². The van der Waals surface area contributed by atoms with Crippen molar-refractivity contribution in [2.24, 2.45) is 0 Å². The maximum atomic E-state index is 14.0. The average molecular weight is 366 g/mol. The second-order valence-electron chi connectivity index (χ2n) is 8.09. The number of hydrogen-bond donors (Lipinski definition) is 2. The average Bonchev–Trinajstić information content (AvgIpc) is 3.04. The lowest BCUT2D eigenvalue weighted by molar-refractivity contribution is 0.191. The zero-order chi connectivity index (χ0) is 18.4. The standard InChI is InChI=1S/C22H27FN4/c1-15-7-8-17-11-18(23)12-19-22(17)27(15)21(25-19)14-26-10-9-24-20(13-26)16-5-3-2-4-6-16/h2-6,11-12,15,20-21,24-25H,7-10,13-14H2,1H3. The van der Waals surface area contributed by atoms with Crippen LogP contribution < -0.4 is 15.5 Å². The van der Waals surface area contributed by atoms with Crippen LogP contribution in [0.1, 0.15) is 30.5 Å². The number of aryl methyl sites for hydroxylation is 1. The summed E-state index contributed by atoms with van der Waals surface area (Å²) in [6.45, 7) is 6.28. The molecule has 3 heterocycles. The summed E-state index contributed by atoms with van der Waals surface area (Å²) in [5.41, 5.74) is 4.70. The topological polar surface area (TPSA) is 30.5 Å². The molecule has 1 saturated heterocycles. The Bertz CT molecular complexity index is 825. The fourth-order valence-corrected chi connectivity index (χ4v) is 4.96. The zero-order valence-electron chi connectivity index (χ0n) is 15.8. The van der Waals surface area contributed by atoms with Gasteiger partial charge in [0.25, 0.3) is 0 Å². The van der Waals surface area contributed by atoms with E-state index in [9.17, 15) is 4.39 Å². The molecule has 27 heavy (non-hydrogen) atoms. The third-order valence-electron chi connectivity index (χ3n) is 6.27. The summed E-state index contributed by atoms with van der Waals surface area (Å²) in [7, 11) is 0. The molecule has 142 valence electrons. The Morgan fingerprint density at radius 3 is 2.89 bits per heavy atom. The number of nitrogens with zero attached hydrogens (tertiary/aromatic N) is 2. The van der Waals surface area contributed by atoms with Gasteiger partial charge in [0.1, 0.15) is 12.0 Å². The van der Waals surface area contributed by atoms with Crippen molar-refractivity contribution in [1.29, 1.82) is 0 Å². The van der Waals surface area contributed by atoms with E-state index in [0.717, 1.165) is 50.3 Å². The van der Waals surface area contributed by atoms with Gasteiger partial charge in [0, 0.05) is 38.3 Å². The fraction of sp³-hybridized carbons (Fsp3) is 0.455. The number of anilines is 2. The first-order valence-corrected chi connectivity index (χ1v) is 10.1. The van der Waals surface area contributed by atoms with Crippen molar-refractivity contribution >= 4 is 11.4 Å². The molecule has 2 N–H and O–H groups in total. The van der Waals surface area contributed by atoms with Crippen molar-refractivity contribution in [3.63, 3.8) is 0 Å². The molecule has 5 rings (SSSR count). The molecule has 0 aromatic heterocycles. The summed E-state index contributed by atoms with van der Waals surface area (Å²) >= 11 is 0. The van der Waals surface area contributed by atoms with Crippen molar-refractivity contribution in [3.05, 3.63) is 59.4 Å². The molecular weight excluding hydrogens is 339 g/mol. The molecule has 0 spiro atoms. The molecule has 0 aliphatic carbocycles. The molecule has 3 atom stereocenters. The van der Waals surface area contributed by atoms with Gasteiger partial charge >= 0.3 is 0 Å². The smallest absolute Gasteiger partial charge is 0.125 e. The second-order valence-corrected chi connectivity index (χ2v) is 8.09. The third-order valence-corrected chi connectivity index (χ3v) is 6.27. The van der Waals surface area contributed by atoms with E-state index in [1.165, 1.54) is 11.3 Å². The summed E-state index contributed by atoms with van der Waals surface area (Å²) < 4.78 is 14.0. The molecule has 5 heteroatoms. The summed E-state index contributed by atoms with van der Waals surface area (Å²) in [6, 6.07) is 14.9. The highest BCUT2D eigenvalue weighted by Gasteiger charge is 2.38. The number of hydrogen-bond acceptors (Lipinski definition) is 4. The minimum Gasteiger partial charge on any atom is -0.362 e. The Kier molecular flexibility index (Phi) is 4.29. The number of rotatable bonds is 3. The van der Waals surface area contributed by atoms with Gasteiger partial charge in [-0.25, -0.2) is 4.39 Å². The van der Waals surface area contributed by atoms with E-state index in [2.05, 4.69) is 57.7 Å². The van der Waals surface area contributed by atoms with Crippen LogP contribution in [0.15, 0.2) is 42.5 Å². The molecule has 4 nitrogen and oxygen atoms in total. The molecule has 2 aromatic carbocycles. The van der Waals surface area contributed by atoms with E-state index in [1.54, 1.807) is 12.1 Å². The van der Waals surface area contributed by atoms with Gasteiger partial charge in [-0.2, -0.15) is 0 Å². The van der Waals surface area contributed by atoms with Crippen LogP contribution in [0.4, 0.5) is 15.8 Å². The fourth-order valence-electron chi connectivity index (χ4n) is 4.96. The lowest BCUT2D eigenvalue weighted by atomic mass is 9.96. The Balaban J connectivity index is 1.35. The van der Waals surface area contributed by atoms with Gasteiger partial charge < -0.3 is 15.5 Å². The van der Waals surface area contributed by atoms with Crippen LogP contribution in [0.5, 0.6) is 0 Å². The Hall–Kier alpha value is -2.11. The number of nitrogens with one attached hydrogen (secondary N) is 2. The number of benzene rings is 2. The molecule has 2 aromatic rings. The second kappa shape index (κ2) is 6.80. The van der Waals surface area contributed by atoms with Gasteiger partial charge in [0.15, 0.2) is 0 Å². The van der Waals surface area contributed by atoms with Crippen molar-refractivity contribution in [2.75, 3.05) is 36.4 Å². The van der Waals surface area contributed by atoms with Crippen LogP contribution in [-0.2, 0) is 6.42 Å². The van der Waals surface area contributed by atoms with Gasteiger partial charge in [-0.15, -0.1) is 0 Å². The molecule has 3 unspecified atom stereocenters. The number of piperazine rings is 1. The van der Waals surface area contributed by atoms with E-state index < -0.39 is 0 Å². The highest BCUT2D eigenvalue weighted by Crippen LogP contribution is 2.44. The number of halogens is 1. The predicted molar refractivity (Wildman–Crippen MR) is 108 cm³/mol. The monoisotopic (exact) mass is 366 g/mol. The van der Waals surface area contributed by atoms with Gasteiger partial charge in [0.2, 0.25) is 0 Å². The van der Waals surface area contributed by atoms with Crippen LogP contribution >= 0.6 is 0 Å². The predicted octanol–water partition coefficient (Wildman–Crippen LogP) is 3.36. The van der Waals surface area contributed by atoms with E-state index >= 15 is 0 Å². The minimum atomic E-state index is -0.127. The molecule has 0 saturated carbocycles. The first kappa shape index (κ1) is 17.0. The van der Waals surface area contributed by atoms with Crippen molar-refractivity contribution in [2.45, 2.75) is 38.0 Å². The van der Waals surface area contributed by atoms with E-state index in [4.69, 9.17) is 0 Å². The maximum Gasteiger partial charge on any atom is 0.125 e. The molecule has 1 fully saturated rings. The zero-order valence-corrected chi connectivity index (χ0v) is 15.8. The van der Waals surface area contributed by atoms with Gasteiger partial charge in [-0.1, -0.05) is 30.3 Å². The summed E-state index contributed by atoms with van der Waals surface area (Å²) in [5.74, 6) is -0.127. The lowest BCUT2D eigenvalue weighted by Crippen LogP contribution is -2.54. The quantitative estimate of drug-likeness (QED) is 0.872. The lowest BCUT2D eigenvalue weighted by Gasteiger charge is -2.41. The Labute approximate surface area is 160 Å². The van der Waals surface area contributed by atoms with Gasteiger partial charge in [-0.3, -0.25) is 4.90 Å². The molecule has 0 amide bonds. The highest BCUT2D eigenvalue weighted by atomic mass is 19.1. The van der Waals surface area contributed by atoms with Crippen molar-refractivity contribution in [1.82, 2.24) is 10.2 Å². The Morgan fingerprint density at radius 2 is 2.04 bits per heavy atom. The first-order chi connectivity index (χ1) is 13.2. The van der Waals surface area contributed by atoms with Crippen LogP contribution in [0.25, 0.3) is 0 Å². The van der Waals surface area contributed by atoms with Crippen LogP contribution in [0, 0.1) is 5.82 Å². The summed E-state index contributed by atoms with van der Waals surface area (Å²) in [5, 5.41) is 7.26. The van der Waals surface area contributed by atoms with Gasteiger partial charge in [-0.05, 0) is 43.0 Å². The maximum absolute atomic E-state index is 14.0. The molecule has 3 aliphatic rings. The normalized spacial score (nSPS) is 27.3. The Morgan fingerprint density at radius 1 is 1.19 bits per heavy atom. The largest absolute Gasteiger partial charge is 0.362 e. The van der Waals surface area contributed by atoms with Crippen molar-refractivity contribution < 1.29 is 4.39 Å². The first-order valence-electron chi connectivity index (χ1n) is 10.1. The molecule has 3 aliphatic heterocycles.